The van der Waals surface area contributed by atoms with Crippen LogP contribution in [0.25, 0.3) is 0 Å². The fourth-order valence-corrected chi connectivity index (χ4v) is 3.88. The standard InChI is InChI=1S/C21H21Br2NO6/c1-3-29-17(8-9-18(25)26)20(15-10-13(22)11-16(23)19(15)27)30-21(28)24-14-6-4-12(2)5-7-14/h4-11,17,20,27H,3H2,1-2H3,(H,24,28)(H,25,26)/b9-8+/t17-,20-/m0/s1. The van der Waals surface area contributed by atoms with Crippen LogP contribution in [0.1, 0.15) is 24.2 Å². The van der Waals surface area contributed by atoms with Crippen molar-refractivity contribution in [2.75, 3.05) is 11.9 Å². The fourth-order valence-electron chi connectivity index (χ4n) is 2.62. The lowest BCUT2D eigenvalue weighted by Crippen LogP contribution is -2.28. The minimum Gasteiger partial charge on any atom is -0.506 e. The summed E-state index contributed by atoms with van der Waals surface area (Å²) in [6.07, 6.45) is -0.697. The van der Waals surface area contributed by atoms with E-state index in [9.17, 15) is 14.7 Å². The van der Waals surface area contributed by atoms with Crippen LogP contribution >= 0.6 is 31.9 Å². The molecule has 9 heteroatoms. The topological polar surface area (TPSA) is 105 Å². The van der Waals surface area contributed by atoms with Crippen molar-refractivity contribution in [3.05, 3.63) is 68.6 Å². The van der Waals surface area contributed by atoms with E-state index in [4.69, 9.17) is 14.6 Å². The number of aromatic hydroxyl groups is 1. The zero-order chi connectivity index (χ0) is 22.3. The normalized spacial score (nSPS) is 13.1. The molecule has 1 amide bonds. The summed E-state index contributed by atoms with van der Waals surface area (Å²) in [6, 6.07) is 10.3. The van der Waals surface area contributed by atoms with E-state index in [-0.39, 0.29) is 17.9 Å². The van der Waals surface area contributed by atoms with Gasteiger partial charge in [0, 0.05) is 28.4 Å². The number of carboxylic acids is 1. The third kappa shape index (κ3) is 6.86. The number of halogens is 2. The van der Waals surface area contributed by atoms with Crippen LogP contribution in [0.4, 0.5) is 10.5 Å². The summed E-state index contributed by atoms with van der Waals surface area (Å²) in [5, 5.41) is 22.2. The number of rotatable bonds is 8. The van der Waals surface area contributed by atoms with E-state index in [0.29, 0.717) is 14.6 Å². The van der Waals surface area contributed by atoms with Crippen molar-refractivity contribution in [2.24, 2.45) is 0 Å². The van der Waals surface area contributed by atoms with Gasteiger partial charge in [-0.05, 0) is 60.1 Å². The molecule has 0 fully saturated rings. The van der Waals surface area contributed by atoms with Crippen LogP contribution in [-0.2, 0) is 14.3 Å². The number of aliphatic carboxylic acids is 1. The second-order valence-corrected chi connectivity index (χ2v) is 8.03. The second kappa shape index (κ2) is 11.1. The molecule has 30 heavy (non-hydrogen) atoms. The molecule has 0 saturated carbocycles. The number of ether oxygens (including phenoxy) is 2. The number of carboxylic acid groups (broad SMARTS) is 1. The Kier molecular flexibility index (Phi) is 8.88. The largest absolute Gasteiger partial charge is 0.506 e. The highest BCUT2D eigenvalue weighted by atomic mass is 79.9. The van der Waals surface area contributed by atoms with Gasteiger partial charge in [0.1, 0.15) is 11.9 Å². The van der Waals surface area contributed by atoms with Gasteiger partial charge in [0.25, 0.3) is 0 Å². The molecule has 0 aliphatic heterocycles. The minimum atomic E-state index is -1.18. The molecule has 0 unspecified atom stereocenters. The lowest BCUT2D eigenvalue weighted by atomic mass is 10.0. The van der Waals surface area contributed by atoms with Crippen LogP contribution in [0.2, 0.25) is 0 Å². The molecule has 0 saturated heterocycles. The van der Waals surface area contributed by atoms with Crippen molar-refractivity contribution < 1.29 is 29.3 Å². The summed E-state index contributed by atoms with van der Waals surface area (Å²) >= 11 is 6.60. The summed E-state index contributed by atoms with van der Waals surface area (Å²) in [5.41, 5.74) is 1.80. The van der Waals surface area contributed by atoms with Crippen LogP contribution in [0.5, 0.6) is 5.75 Å². The third-order valence-electron chi connectivity index (χ3n) is 3.98. The van der Waals surface area contributed by atoms with Crippen molar-refractivity contribution >= 4 is 49.6 Å². The van der Waals surface area contributed by atoms with Crippen molar-refractivity contribution in [2.45, 2.75) is 26.1 Å². The number of nitrogens with one attached hydrogen (secondary N) is 1. The molecular weight excluding hydrogens is 522 g/mol. The second-order valence-electron chi connectivity index (χ2n) is 6.26. The van der Waals surface area contributed by atoms with Gasteiger partial charge in [-0.2, -0.15) is 0 Å². The molecule has 0 aromatic heterocycles. The van der Waals surface area contributed by atoms with Crippen LogP contribution in [-0.4, -0.2) is 35.0 Å². The minimum absolute atomic E-state index is 0.153. The molecule has 2 atom stereocenters. The first kappa shape index (κ1) is 23.9. The highest BCUT2D eigenvalue weighted by Crippen LogP contribution is 2.39. The average Bonchev–Trinajstić information content (AvgIpc) is 2.68. The number of carbonyl (C=O) groups is 2. The van der Waals surface area contributed by atoms with Crippen molar-refractivity contribution in [1.82, 2.24) is 0 Å². The average molecular weight is 543 g/mol. The van der Waals surface area contributed by atoms with Gasteiger partial charge in [-0.1, -0.05) is 33.6 Å². The molecule has 0 spiro atoms. The van der Waals surface area contributed by atoms with Gasteiger partial charge in [0.15, 0.2) is 6.10 Å². The van der Waals surface area contributed by atoms with Gasteiger partial charge in [-0.3, -0.25) is 5.32 Å². The van der Waals surface area contributed by atoms with E-state index in [1.807, 2.05) is 19.1 Å². The zero-order valence-electron chi connectivity index (χ0n) is 16.3. The molecule has 0 bridgehead atoms. The molecular formula is C21H21Br2NO6. The Labute approximate surface area is 191 Å². The van der Waals surface area contributed by atoms with Crippen molar-refractivity contribution in [3.8, 4) is 5.75 Å². The van der Waals surface area contributed by atoms with E-state index in [1.165, 1.54) is 6.08 Å². The molecule has 7 nitrogen and oxygen atoms in total. The maximum absolute atomic E-state index is 12.6. The maximum Gasteiger partial charge on any atom is 0.412 e. The SMILES string of the molecule is CCO[C@@H](/C=C/C(=O)O)[C@@H](OC(=O)Nc1ccc(C)cc1)c1cc(Br)cc(Br)c1O. The Bertz CT molecular complexity index is 930. The Hall–Kier alpha value is -2.36. The maximum atomic E-state index is 12.6. The lowest BCUT2D eigenvalue weighted by molar-refractivity contribution is -0.131. The van der Waals surface area contributed by atoms with Gasteiger partial charge in [-0.15, -0.1) is 0 Å². The molecule has 0 aliphatic carbocycles. The first-order valence-electron chi connectivity index (χ1n) is 8.96. The van der Waals surface area contributed by atoms with E-state index in [2.05, 4.69) is 37.2 Å². The summed E-state index contributed by atoms with van der Waals surface area (Å²) in [6.45, 7) is 3.87. The van der Waals surface area contributed by atoms with Gasteiger partial charge in [0.05, 0.1) is 4.47 Å². The monoisotopic (exact) mass is 541 g/mol. The van der Waals surface area contributed by atoms with Crippen LogP contribution in [0.15, 0.2) is 57.5 Å². The van der Waals surface area contributed by atoms with Gasteiger partial charge < -0.3 is 19.7 Å². The van der Waals surface area contributed by atoms with Crippen LogP contribution in [0, 0.1) is 6.92 Å². The summed E-state index contributed by atoms with van der Waals surface area (Å²) in [5.74, 6) is -1.33. The number of phenolic OH excluding ortho intramolecular Hbond substituents is 1. The highest BCUT2D eigenvalue weighted by Gasteiger charge is 2.30. The first-order valence-corrected chi connectivity index (χ1v) is 10.5. The van der Waals surface area contributed by atoms with E-state index < -0.39 is 24.3 Å². The highest BCUT2D eigenvalue weighted by molar-refractivity contribution is 9.11. The van der Waals surface area contributed by atoms with E-state index in [1.54, 1.807) is 31.2 Å². The van der Waals surface area contributed by atoms with Gasteiger partial charge >= 0.3 is 12.1 Å². The first-order chi connectivity index (χ1) is 14.2. The number of anilines is 1. The van der Waals surface area contributed by atoms with E-state index in [0.717, 1.165) is 11.6 Å². The predicted octanol–water partition coefficient (Wildman–Crippen LogP) is 5.56. The molecule has 2 aromatic rings. The Morgan fingerprint density at radius 2 is 1.87 bits per heavy atom. The number of phenols is 1. The molecule has 160 valence electrons. The van der Waals surface area contributed by atoms with Crippen LogP contribution < -0.4 is 5.32 Å². The number of amides is 1. The fraction of sp³-hybridized carbons (Fsp3) is 0.238. The van der Waals surface area contributed by atoms with Crippen molar-refractivity contribution in [3.63, 3.8) is 0 Å². The molecule has 0 aliphatic rings. The lowest BCUT2D eigenvalue weighted by Gasteiger charge is -2.26. The smallest absolute Gasteiger partial charge is 0.412 e. The number of aryl methyl sites for hydroxylation is 1. The molecule has 0 heterocycles. The van der Waals surface area contributed by atoms with Gasteiger partial charge in [-0.25, -0.2) is 9.59 Å². The Morgan fingerprint density at radius 1 is 1.20 bits per heavy atom. The number of carbonyl (C=O) groups excluding carboxylic acids is 1. The van der Waals surface area contributed by atoms with Crippen molar-refractivity contribution in [1.29, 1.82) is 0 Å². The Morgan fingerprint density at radius 3 is 2.47 bits per heavy atom. The molecule has 2 rings (SSSR count). The number of hydrogen-bond acceptors (Lipinski definition) is 5. The van der Waals surface area contributed by atoms with Crippen LogP contribution in [0.3, 0.4) is 0 Å². The third-order valence-corrected chi connectivity index (χ3v) is 5.04. The number of benzene rings is 2. The summed E-state index contributed by atoms with van der Waals surface area (Å²) in [7, 11) is 0. The number of hydrogen-bond donors (Lipinski definition) is 3. The zero-order valence-corrected chi connectivity index (χ0v) is 19.4. The quantitative estimate of drug-likeness (QED) is 0.377. The predicted molar refractivity (Wildman–Crippen MR) is 120 cm³/mol. The molecule has 2 aromatic carbocycles. The Balaban J connectivity index is 2.40. The molecule has 3 N–H and O–H groups in total. The summed E-state index contributed by atoms with van der Waals surface area (Å²) in [4.78, 5) is 23.6. The van der Waals surface area contributed by atoms with E-state index >= 15 is 0 Å². The molecule has 0 radical (unpaired) electrons. The van der Waals surface area contributed by atoms with Gasteiger partial charge in [0.2, 0.25) is 0 Å². The summed E-state index contributed by atoms with van der Waals surface area (Å²) < 4.78 is 12.2.